The zero-order valence-electron chi connectivity index (χ0n) is 36.0. The minimum Gasteiger partial charge on any atom is 0 e. The SMILES string of the molecule is CC(C)P(=S)(Cc1cccc([CH]([Ge]([Cl])[Cl])P(=S)(C(C)C)C(C)C)n1)C(C)C.CC(C)P(=S)(Cc1cccc([CH]([Ge]([Cl])[Cl])P(=S)(C(C)C)C(C)C)n1)C(C)C.[Ge]. The van der Waals surface area contributed by atoms with Gasteiger partial charge in [-0.3, -0.25) is 0 Å². The van der Waals surface area contributed by atoms with Crippen LogP contribution < -0.4 is 0 Å². The van der Waals surface area contributed by atoms with Crippen LogP contribution in [0.2, 0.25) is 0 Å². The summed E-state index contributed by atoms with van der Waals surface area (Å²) >= 11 is 20.2. The fourth-order valence-corrected chi connectivity index (χ4v) is 52.6. The van der Waals surface area contributed by atoms with Crippen LogP contribution in [0.3, 0.4) is 0 Å². The smallest absolute Gasteiger partial charge is 0 e. The molecule has 0 amide bonds. The van der Waals surface area contributed by atoms with Gasteiger partial charge in [-0.25, -0.2) is 0 Å². The quantitative estimate of drug-likeness (QED) is 0.109. The second-order valence-corrected chi connectivity index (χ2v) is 58.4. The molecule has 2 unspecified atom stereocenters. The van der Waals surface area contributed by atoms with Crippen molar-refractivity contribution in [3.63, 3.8) is 0 Å². The van der Waals surface area contributed by atoms with Gasteiger partial charge in [-0.15, -0.1) is 0 Å². The number of hydrogen-bond donors (Lipinski definition) is 0. The maximum absolute atomic E-state index is 6.68. The van der Waals surface area contributed by atoms with Gasteiger partial charge >= 0.3 is 383 Å². The van der Waals surface area contributed by atoms with E-state index in [1.54, 1.807) is 0 Å². The average molecular weight is 1160 g/mol. The summed E-state index contributed by atoms with van der Waals surface area (Å²) in [4.78, 5) is 10.1. The molecule has 6 radical (unpaired) electrons. The van der Waals surface area contributed by atoms with Gasteiger partial charge in [0, 0.05) is 17.6 Å². The van der Waals surface area contributed by atoms with E-state index in [1.807, 2.05) is 0 Å². The van der Waals surface area contributed by atoms with Gasteiger partial charge in [0.1, 0.15) is 0 Å². The van der Waals surface area contributed by atoms with Gasteiger partial charge < -0.3 is 0 Å². The summed E-state index contributed by atoms with van der Waals surface area (Å²) in [5.74, 6) is 0. The van der Waals surface area contributed by atoms with E-state index in [9.17, 15) is 0 Å². The number of pyridine rings is 2. The molecule has 0 bridgehead atoms. The molecule has 0 saturated carbocycles. The topological polar surface area (TPSA) is 25.8 Å². The van der Waals surface area contributed by atoms with Gasteiger partial charge in [0.05, 0.1) is 0 Å². The fraction of sp³-hybridized carbons (Fsp3) is 0.737. The summed E-state index contributed by atoms with van der Waals surface area (Å²) < 4.78 is 0.151. The van der Waals surface area contributed by atoms with Crippen LogP contribution >= 0.6 is 64.2 Å². The molecule has 55 heavy (non-hydrogen) atoms. The molecule has 314 valence electrons. The van der Waals surface area contributed by atoms with Gasteiger partial charge in [-0.05, 0) is 0 Å². The summed E-state index contributed by atoms with van der Waals surface area (Å²) in [7, 11) is 26.7. The Morgan fingerprint density at radius 3 is 0.873 bits per heavy atom. The number of rotatable bonds is 18. The Labute approximate surface area is 395 Å². The normalized spacial score (nSPS) is 14.5. The van der Waals surface area contributed by atoms with Crippen molar-refractivity contribution in [2.24, 2.45) is 0 Å². The Morgan fingerprint density at radius 2 is 0.691 bits per heavy atom. The van der Waals surface area contributed by atoms with E-state index in [4.69, 9.17) is 97.2 Å². The van der Waals surface area contributed by atoms with Crippen LogP contribution in [0.25, 0.3) is 0 Å². The molecule has 0 aliphatic carbocycles. The maximum Gasteiger partial charge on any atom is 0 e. The van der Waals surface area contributed by atoms with Crippen LogP contribution in [0.1, 0.15) is 143 Å². The van der Waals surface area contributed by atoms with E-state index in [-0.39, 0.29) is 26.6 Å². The molecule has 0 fully saturated rings. The van der Waals surface area contributed by atoms with Gasteiger partial charge in [0.15, 0.2) is 0 Å². The van der Waals surface area contributed by atoms with Crippen LogP contribution in [0, 0.1) is 0 Å². The third-order valence-electron chi connectivity index (χ3n) is 11.0. The Balaban J connectivity index is 0.00000104. The van der Waals surface area contributed by atoms with Crippen molar-refractivity contribution in [2.75, 3.05) is 0 Å². The summed E-state index contributed by atoms with van der Waals surface area (Å²) in [6.07, 6.45) is 1.79. The largest absolute Gasteiger partial charge is 0 e. The standard InChI is InChI=1S/2C19H34Cl2GeNP2S2.Ge/c2*1-13(2)24(26,14(3)4)12-17-10-9-11-18(23-17)19(22(20)21)25(27,15(5)6)16(7)8;/h2*9-11,13-16,19H,12H2,1-8H3;. The molecule has 0 N–H and O–H groups in total. The molecule has 0 aliphatic heterocycles. The van der Waals surface area contributed by atoms with E-state index >= 15 is 0 Å². The van der Waals surface area contributed by atoms with E-state index in [0.717, 1.165) is 35.1 Å². The summed E-state index contributed by atoms with van der Waals surface area (Å²) in [6.45, 7) is 35.9. The maximum atomic E-state index is 6.68. The van der Waals surface area contributed by atoms with Crippen LogP contribution in [0.5, 0.6) is 0 Å². The van der Waals surface area contributed by atoms with Crippen molar-refractivity contribution in [3.8, 4) is 0 Å². The van der Waals surface area contributed by atoms with Crippen molar-refractivity contribution >= 4 is 154 Å². The molecule has 0 aromatic carbocycles. The number of nitrogens with zero attached hydrogens (tertiary/aromatic N) is 2. The second kappa shape index (κ2) is 25.2. The van der Waals surface area contributed by atoms with Crippen molar-refractivity contribution in [1.82, 2.24) is 9.97 Å². The Bertz CT molecular complexity index is 1520. The Hall–Kier alpha value is 3.69. The first-order valence-corrected chi connectivity index (χ1v) is 44.9. The number of hydrogen-bond acceptors (Lipinski definition) is 6. The van der Waals surface area contributed by atoms with E-state index in [0.29, 0.717) is 45.3 Å². The average Bonchev–Trinajstić information content (AvgIpc) is 3.04. The van der Waals surface area contributed by atoms with Gasteiger partial charge in [0.2, 0.25) is 0 Å². The van der Waals surface area contributed by atoms with Crippen LogP contribution in [0.15, 0.2) is 36.4 Å². The van der Waals surface area contributed by atoms with Crippen molar-refractivity contribution < 1.29 is 0 Å². The van der Waals surface area contributed by atoms with Gasteiger partial charge in [0.25, 0.3) is 0 Å². The molecule has 2 aromatic heterocycles. The van der Waals surface area contributed by atoms with Crippen LogP contribution in [-0.2, 0) is 59.6 Å². The predicted molar refractivity (Wildman–Crippen MR) is 280 cm³/mol. The van der Waals surface area contributed by atoms with Crippen molar-refractivity contribution in [1.29, 1.82) is 0 Å². The Kier molecular flexibility index (Phi) is 26.9. The monoisotopic (exact) mass is 1170 g/mol. The van der Waals surface area contributed by atoms with Gasteiger partial charge in [-0.2, -0.15) is 0 Å². The first-order valence-electron chi connectivity index (χ1n) is 19.2. The Morgan fingerprint density at radius 1 is 0.455 bits per heavy atom. The summed E-state index contributed by atoms with van der Waals surface area (Å²) in [5, 5.41) is 0. The first-order chi connectivity index (χ1) is 24.6. The molecule has 2 rings (SSSR count). The number of halogens is 4. The fourth-order valence-electron chi connectivity index (χ4n) is 7.23. The molecular formula is C38H68Cl4Ge3N2P4S4. The predicted octanol–water partition coefficient (Wildman–Crippen LogP) is 15.1. The zero-order valence-corrected chi connectivity index (χ0v) is 52.1. The minimum atomic E-state index is -2.35. The minimum absolute atomic E-state index is 0. The molecule has 2 atom stereocenters. The van der Waals surface area contributed by atoms with Gasteiger partial charge in [-0.1, -0.05) is 0 Å². The summed E-state index contributed by atoms with van der Waals surface area (Å²) in [5.41, 5.74) is 7.87. The second-order valence-electron chi connectivity index (χ2n) is 16.8. The molecule has 2 heterocycles. The van der Waals surface area contributed by atoms with Crippen LogP contribution in [0.4, 0.5) is 0 Å². The molecule has 0 aliphatic rings. The summed E-state index contributed by atoms with van der Waals surface area (Å²) in [6, 6.07) is 5.94. The van der Waals surface area contributed by atoms with Crippen molar-refractivity contribution in [2.45, 2.75) is 177 Å². The molecule has 2 aromatic rings. The van der Waals surface area contributed by atoms with E-state index < -0.39 is 49.1 Å². The van der Waals surface area contributed by atoms with Crippen LogP contribution in [-0.4, -0.2) is 97.8 Å². The first kappa shape index (κ1) is 58.7. The molecule has 0 spiro atoms. The van der Waals surface area contributed by atoms with Crippen molar-refractivity contribution in [3.05, 3.63) is 59.2 Å². The zero-order chi connectivity index (χ0) is 42.3. The third-order valence-corrected chi connectivity index (χ3v) is 61.5. The molecule has 17 heteroatoms. The van der Waals surface area contributed by atoms with E-state index in [2.05, 4.69) is 147 Å². The number of aromatic nitrogens is 2. The third kappa shape index (κ3) is 14.9. The van der Waals surface area contributed by atoms with E-state index in [1.165, 1.54) is 0 Å². The molecule has 2 nitrogen and oxygen atoms in total. The molecular weight excluding hydrogens is 1100 g/mol. The molecule has 0 saturated heterocycles.